The van der Waals surface area contributed by atoms with Gasteiger partial charge in [-0.25, -0.2) is 18.7 Å². The van der Waals surface area contributed by atoms with E-state index >= 15 is 0 Å². The number of carbonyl (C=O) groups excluding carboxylic acids is 2. The molecule has 0 saturated heterocycles. The van der Waals surface area contributed by atoms with Crippen molar-refractivity contribution in [2.45, 2.75) is 38.1 Å². The maximum atomic E-state index is 13.7. The number of hydrogen-bond acceptors (Lipinski definition) is 6. The van der Waals surface area contributed by atoms with Gasteiger partial charge in [0.25, 0.3) is 0 Å². The molecule has 0 unspecified atom stereocenters. The first-order chi connectivity index (χ1) is 18.5. The van der Waals surface area contributed by atoms with E-state index in [4.69, 9.17) is 26.1 Å². The highest BCUT2D eigenvalue weighted by molar-refractivity contribution is 7.46. The summed E-state index contributed by atoms with van der Waals surface area (Å²) in [6, 6.07) is 13.1. The van der Waals surface area contributed by atoms with Crippen molar-refractivity contribution in [3.63, 3.8) is 0 Å². The molecule has 0 saturated carbocycles. The van der Waals surface area contributed by atoms with Crippen molar-refractivity contribution < 1.29 is 37.6 Å². The number of rotatable bonds is 13. The molecule has 13 heteroatoms. The molecule has 39 heavy (non-hydrogen) atoms. The molecule has 2 amide bonds. The summed E-state index contributed by atoms with van der Waals surface area (Å²) in [5, 5.41) is 4.35. The molecule has 0 bridgehead atoms. The van der Waals surface area contributed by atoms with Gasteiger partial charge in [0.2, 0.25) is 5.91 Å². The predicted octanol–water partition coefficient (Wildman–Crippen LogP) is 5.32. The van der Waals surface area contributed by atoms with Crippen molar-refractivity contribution >= 4 is 48.0 Å². The fourth-order valence-electron chi connectivity index (χ4n) is 3.88. The average Bonchev–Trinajstić information content (AvgIpc) is 2.89. The summed E-state index contributed by atoms with van der Waals surface area (Å²) in [5.41, 5.74) is 0.503. The predicted molar refractivity (Wildman–Crippen MR) is 145 cm³/mol. The third kappa shape index (κ3) is 9.87. The minimum atomic E-state index is -4.57. The van der Waals surface area contributed by atoms with Gasteiger partial charge in [0, 0.05) is 25.1 Å². The smallest absolute Gasteiger partial charge is 0.447 e. The molecule has 0 aliphatic heterocycles. The lowest BCUT2D eigenvalue weighted by Gasteiger charge is -2.28. The van der Waals surface area contributed by atoms with E-state index in [-0.39, 0.29) is 37.0 Å². The van der Waals surface area contributed by atoms with E-state index in [0.29, 0.717) is 30.6 Å². The van der Waals surface area contributed by atoms with Crippen molar-refractivity contribution in [3.8, 4) is 0 Å². The zero-order valence-electron chi connectivity index (χ0n) is 21.3. The number of nitrogens with zero attached hydrogens (tertiary/aromatic N) is 2. The molecule has 0 aliphatic rings. The van der Waals surface area contributed by atoms with Crippen LogP contribution in [0.25, 0.3) is 10.8 Å². The van der Waals surface area contributed by atoms with Gasteiger partial charge in [0.15, 0.2) is 0 Å². The highest BCUT2D eigenvalue weighted by atomic mass is 35.5. The van der Waals surface area contributed by atoms with Gasteiger partial charge in [0.05, 0.1) is 17.7 Å². The van der Waals surface area contributed by atoms with E-state index in [0.717, 1.165) is 10.8 Å². The van der Waals surface area contributed by atoms with Crippen molar-refractivity contribution in [1.29, 1.82) is 0 Å². The lowest BCUT2D eigenvalue weighted by molar-refractivity contribution is -0.132. The van der Waals surface area contributed by atoms with Gasteiger partial charge in [-0.3, -0.25) is 14.6 Å². The number of amides is 2. The van der Waals surface area contributed by atoms with Crippen LogP contribution >= 0.6 is 19.4 Å². The molecule has 1 aromatic heterocycles. The Morgan fingerprint density at radius 2 is 1.90 bits per heavy atom. The van der Waals surface area contributed by atoms with Crippen molar-refractivity contribution in [1.82, 2.24) is 9.88 Å². The second-order valence-electron chi connectivity index (χ2n) is 8.83. The number of halogens is 2. The van der Waals surface area contributed by atoms with E-state index < -0.39 is 25.8 Å². The Kier molecular flexibility index (Phi) is 11.2. The SMILES string of the molecule is CN(C(=O)CCc1cccc(F)c1Cl)[C@@H](CCCCOP(=O)(O)O)COC(=O)Nc1cc2ccccc2cn1. The van der Waals surface area contributed by atoms with Crippen LogP contribution in [0.3, 0.4) is 0 Å². The number of nitrogens with one attached hydrogen (secondary N) is 1. The molecule has 10 nitrogen and oxygen atoms in total. The number of aryl methyl sites for hydroxylation is 1. The van der Waals surface area contributed by atoms with Gasteiger partial charge in [0.1, 0.15) is 18.2 Å². The van der Waals surface area contributed by atoms with E-state index in [1.165, 1.54) is 17.0 Å². The molecule has 1 heterocycles. The van der Waals surface area contributed by atoms with Crippen LogP contribution in [0.2, 0.25) is 5.02 Å². The van der Waals surface area contributed by atoms with E-state index in [9.17, 15) is 18.5 Å². The van der Waals surface area contributed by atoms with Gasteiger partial charge in [-0.1, -0.05) is 48.0 Å². The summed E-state index contributed by atoms with van der Waals surface area (Å²) in [7, 11) is -3.00. The Balaban J connectivity index is 1.58. The van der Waals surface area contributed by atoms with Crippen molar-refractivity contribution in [2.24, 2.45) is 0 Å². The second-order valence-corrected chi connectivity index (χ2v) is 10.4. The number of hydrogen-bond donors (Lipinski definition) is 3. The number of pyridine rings is 1. The molecular formula is C26H30ClFN3O7P. The summed E-state index contributed by atoms with van der Waals surface area (Å²) in [6.45, 7) is -0.302. The molecule has 0 aliphatic carbocycles. The number of phosphoric acid groups is 1. The molecule has 3 N–H and O–H groups in total. The number of likely N-dealkylation sites (N-methyl/N-ethyl adjacent to an activating group) is 1. The first-order valence-corrected chi connectivity index (χ1v) is 14.1. The number of unbranched alkanes of at least 4 members (excludes halogenated alkanes) is 1. The molecule has 0 spiro atoms. The number of ether oxygens (including phenoxy) is 1. The highest BCUT2D eigenvalue weighted by Gasteiger charge is 2.22. The summed E-state index contributed by atoms with van der Waals surface area (Å²) in [6.07, 6.45) is 2.27. The van der Waals surface area contributed by atoms with Crippen LogP contribution in [-0.4, -0.2) is 58.0 Å². The monoisotopic (exact) mass is 581 g/mol. The minimum absolute atomic E-state index is 0.0307. The number of benzene rings is 2. The maximum Gasteiger partial charge on any atom is 0.469 e. The van der Waals surface area contributed by atoms with Crippen molar-refractivity contribution in [3.05, 3.63) is 71.1 Å². The van der Waals surface area contributed by atoms with Crippen LogP contribution in [0.5, 0.6) is 0 Å². The zero-order chi connectivity index (χ0) is 28.4. The fraction of sp³-hybridized carbons (Fsp3) is 0.346. The van der Waals surface area contributed by atoms with Crippen LogP contribution in [-0.2, 0) is 25.0 Å². The molecule has 0 radical (unpaired) electrons. The molecule has 1 atom stereocenters. The van der Waals surface area contributed by atoms with E-state index in [1.807, 2.05) is 24.3 Å². The molecule has 0 fully saturated rings. The molecule has 2 aromatic carbocycles. The molecule has 210 valence electrons. The quantitative estimate of drug-likeness (QED) is 0.182. The molecule has 3 aromatic rings. The number of carbonyl (C=O) groups is 2. The first-order valence-electron chi connectivity index (χ1n) is 12.2. The van der Waals surface area contributed by atoms with E-state index in [1.54, 1.807) is 25.4 Å². The van der Waals surface area contributed by atoms with Gasteiger partial charge in [-0.05, 0) is 48.8 Å². The van der Waals surface area contributed by atoms with Crippen LogP contribution in [0, 0.1) is 5.82 Å². The Morgan fingerprint density at radius 3 is 2.64 bits per heavy atom. The highest BCUT2D eigenvalue weighted by Crippen LogP contribution is 2.35. The summed E-state index contributed by atoms with van der Waals surface area (Å²) < 4.78 is 34.5. The van der Waals surface area contributed by atoms with Crippen LogP contribution in [0.1, 0.15) is 31.2 Å². The van der Waals surface area contributed by atoms with Crippen LogP contribution in [0.15, 0.2) is 54.7 Å². The summed E-state index contributed by atoms with van der Waals surface area (Å²) in [5.74, 6) is -0.529. The van der Waals surface area contributed by atoms with E-state index in [2.05, 4.69) is 14.8 Å². The molecular weight excluding hydrogens is 552 g/mol. The van der Waals surface area contributed by atoms with Crippen LogP contribution in [0.4, 0.5) is 15.0 Å². The lowest BCUT2D eigenvalue weighted by Crippen LogP contribution is -2.41. The molecule has 3 rings (SSSR count). The zero-order valence-corrected chi connectivity index (χ0v) is 22.9. The topological polar surface area (TPSA) is 138 Å². The van der Waals surface area contributed by atoms with Crippen molar-refractivity contribution in [2.75, 3.05) is 25.6 Å². The fourth-order valence-corrected chi connectivity index (χ4v) is 4.47. The number of phosphoric ester groups is 1. The number of fused-ring (bicyclic) bond motifs is 1. The summed E-state index contributed by atoms with van der Waals surface area (Å²) >= 11 is 6.00. The Morgan fingerprint density at radius 1 is 1.15 bits per heavy atom. The maximum absolute atomic E-state index is 13.7. The lowest BCUT2D eigenvalue weighted by atomic mass is 10.1. The standard InChI is InChI=1S/C26H30ClFN3O7P/c1-31(24(32)13-12-18-9-6-11-22(28)25(18)27)21(10-4-5-14-38-39(34,35)36)17-37-26(33)30-23-15-19-7-2-3-8-20(19)16-29-23/h2-3,6-9,11,15-16,21H,4-5,10,12-14,17H2,1H3,(H,29,30,33)(H2,34,35,36)/t21-/m0/s1. The number of aromatic nitrogens is 1. The third-order valence-electron chi connectivity index (χ3n) is 6.04. The van der Waals surface area contributed by atoms with Gasteiger partial charge in [-0.2, -0.15) is 0 Å². The largest absolute Gasteiger partial charge is 0.469 e. The van der Waals surface area contributed by atoms with Gasteiger partial charge in [-0.15, -0.1) is 0 Å². The Hall–Kier alpha value is -3.08. The average molecular weight is 582 g/mol. The van der Waals surface area contributed by atoms with Gasteiger partial charge < -0.3 is 19.4 Å². The second kappa shape index (κ2) is 14.3. The third-order valence-corrected chi connectivity index (χ3v) is 6.98. The Bertz CT molecular complexity index is 1340. The number of anilines is 1. The van der Waals surface area contributed by atoms with Crippen LogP contribution < -0.4 is 5.32 Å². The normalized spacial score (nSPS) is 12.2. The Labute approximate surface area is 230 Å². The minimum Gasteiger partial charge on any atom is -0.447 e. The first kappa shape index (κ1) is 30.5. The summed E-state index contributed by atoms with van der Waals surface area (Å²) in [4.78, 5) is 48.7. The van der Waals surface area contributed by atoms with Gasteiger partial charge >= 0.3 is 13.9 Å².